The van der Waals surface area contributed by atoms with Crippen molar-refractivity contribution in [3.8, 4) is 0 Å². The molecule has 0 aliphatic carbocycles. The van der Waals surface area contributed by atoms with Crippen molar-refractivity contribution in [3.05, 3.63) is 35.4 Å². The number of hydrazine groups is 1. The molecule has 2 aromatic rings. The van der Waals surface area contributed by atoms with Crippen LogP contribution in [0.25, 0.3) is 0 Å². The number of aromatic nitrogens is 4. The van der Waals surface area contributed by atoms with Gasteiger partial charge < -0.3 is 0 Å². The Hall–Kier alpha value is -1.66. The third-order valence-corrected chi connectivity index (χ3v) is 3.33. The monoisotopic (exact) mass is 248 g/mol. The minimum absolute atomic E-state index is 0.124. The molecule has 6 nitrogen and oxygen atoms in total. The normalized spacial score (nSPS) is 12.9. The largest absolute Gasteiger partial charge is 0.276 e. The van der Waals surface area contributed by atoms with Gasteiger partial charge in [0.05, 0.1) is 12.4 Å². The highest BCUT2D eigenvalue weighted by Crippen LogP contribution is 2.21. The Morgan fingerprint density at radius 2 is 2.11 bits per heavy atom. The quantitative estimate of drug-likeness (QED) is 0.600. The number of rotatable bonds is 5. The molecule has 0 radical (unpaired) electrons. The minimum atomic E-state index is 0.124. The Kier molecular flexibility index (Phi) is 3.78. The van der Waals surface area contributed by atoms with Gasteiger partial charge in [-0.05, 0) is 25.3 Å². The number of nitrogens with zero attached hydrogens (tertiary/aromatic N) is 4. The second-order valence-corrected chi connectivity index (χ2v) is 4.59. The summed E-state index contributed by atoms with van der Waals surface area (Å²) in [6, 6.07) is 0.124. The standard InChI is InChI=1S/C12H20N6/c1-9-11(7-15-18(9)3)12(16-13)5-4-10-6-14-17(2)8-10/h6-8,12,16H,4-5,13H2,1-3H3. The maximum atomic E-state index is 5.64. The Labute approximate surface area is 107 Å². The SMILES string of the molecule is Cc1c(C(CCc2cnn(C)c2)NN)cnn1C. The summed E-state index contributed by atoms with van der Waals surface area (Å²) in [5.74, 6) is 5.64. The first-order valence-electron chi connectivity index (χ1n) is 6.04. The molecule has 0 aromatic carbocycles. The lowest BCUT2D eigenvalue weighted by atomic mass is 10.0. The highest BCUT2D eigenvalue weighted by atomic mass is 15.3. The van der Waals surface area contributed by atoms with E-state index in [1.165, 1.54) is 5.56 Å². The maximum absolute atomic E-state index is 5.64. The second kappa shape index (κ2) is 5.32. The van der Waals surface area contributed by atoms with Crippen molar-refractivity contribution in [2.75, 3.05) is 0 Å². The van der Waals surface area contributed by atoms with Crippen LogP contribution < -0.4 is 11.3 Å². The third-order valence-electron chi connectivity index (χ3n) is 3.33. The van der Waals surface area contributed by atoms with Crippen LogP contribution in [0.4, 0.5) is 0 Å². The highest BCUT2D eigenvalue weighted by Gasteiger charge is 2.15. The van der Waals surface area contributed by atoms with Crippen LogP contribution in [0, 0.1) is 6.92 Å². The first-order chi connectivity index (χ1) is 8.61. The Balaban J connectivity index is 2.04. The Morgan fingerprint density at radius 1 is 1.33 bits per heavy atom. The molecule has 6 heteroatoms. The molecule has 2 heterocycles. The number of nitrogens with two attached hydrogens (primary N) is 1. The molecule has 0 bridgehead atoms. The van der Waals surface area contributed by atoms with Crippen molar-refractivity contribution < 1.29 is 0 Å². The van der Waals surface area contributed by atoms with E-state index in [0.717, 1.165) is 24.1 Å². The van der Waals surface area contributed by atoms with E-state index in [4.69, 9.17) is 5.84 Å². The van der Waals surface area contributed by atoms with Crippen LogP contribution in [0.3, 0.4) is 0 Å². The van der Waals surface area contributed by atoms with Crippen molar-refractivity contribution in [2.24, 2.45) is 19.9 Å². The summed E-state index contributed by atoms with van der Waals surface area (Å²) in [5, 5.41) is 8.41. The first kappa shape index (κ1) is 12.8. The number of nitrogens with one attached hydrogen (secondary N) is 1. The average Bonchev–Trinajstić information content (AvgIpc) is 2.90. The third kappa shape index (κ3) is 2.60. The van der Waals surface area contributed by atoms with Gasteiger partial charge in [-0.25, -0.2) is 0 Å². The topological polar surface area (TPSA) is 73.7 Å². The van der Waals surface area contributed by atoms with Gasteiger partial charge in [-0.2, -0.15) is 10.2 Å². The summed E-state index contributed by atoms with van der Waals surface area (Å²) >= 11 is 0. The van der Waals surface area contributed by atoms with E-state index in [9.17, 15) is 0 Å². The fourth-order valence-electron chi connectivity index (χ4n) is 2.10. The Bertz CT molecular complexity index is 512. The summed E-state index contributed by atoms with van der Waals surface area (Å²) in [6.07, 6.45) is 7.67. The number of aryl methyl sites for hydroxylation is 3. The molecule has 0 saturated carbocycles. The lowest BCUT2D eigenvalue weighted by Gasteiger charge is -2.15. The van der Waals surface area contributed by atoms with Gasteiger partial charge in [0.2, 0.25) is 0 Å². The van der Waals surface area contributed by atoms with Crippen LogP contribution in [0.2, 0.25) is 0 Å². The molecule has 0 amide bonds. The van der Waals surface area contributed by atoms with Crippen molar-refractivity contribution >= 4 is 0 Å². The van der Waals surface area contributed by atoms with E-state index in [2.05, 4.69) is 22.5 Å². The molecule has 3 N–H and O–H groups in total. The average molecular weight is 248 g/mol. The van der Waals surface area contributed by atoms with Crippen LogP contribution in [-0.4, -0.2) is 19.6 Å². The predicted molar refractivity (Wildman–Crippen MR) is 69.5 cm³/mol. The van der Waals surface area contributed by atoms with Crippen LogP contribution in [-0.2, 0) is 20.5 Å². The van der Waals surface area contributed by atoms with Gasteiger partial charge >= 0.3 is 0 Å². The second-order valence-electron chi connectivity index (χ2n) is 4.59. The molecule has 0 spiro atoms. The van der Waals surface area contributed by atoms with Gasteiger partial charge in [-0.15, -0.1) is 0 Å². The zero-order valence-electron chi connectivity index (χ0n) is 11.1. The molecule has 0 aliphatic rings. The summed E-state index contributed by atoms with van der Waals surface area (Å²) in [7, 11) is 3.86. The zero-order valence-corrected chi connectivity index (χ0v) is 11.1. The van der Waals surface area contributed by atoms with Gasteiger partial charge in [0.15, 0.2) is 0 Å². The van der Waals surface area contributed by atoms with Crippen LogP contribution in [0.1, 0.15) is 29.3 Å². The molecule has 0 saturated heterocycles. The number of hydrogen-bond donors (Lipinski definition) is 2. The van der Waals surface area contributed by atoms with E-state index >= 15 is 0 Å². The number of hydrogen-bond acceptors (Lipinski definition) is 4. The summed E-state index contributed by atoms with van der Waals surface area (Å²) in [5.41, 5.74) is 6.39. The molecular formula is C12H20N6. The van der Waals surface area contributed by atoms with Crippen molar-refractivity contribution in [2.45, 2.75) is 25.8 Å². The fraction of sp³-hybridized carbons (Fsp3) is 0.500. The van der Waals surface area contributed by atoms with Gasteiger partial charge in [0.25, 0.3) is 0 Å². The summed E-state index contributed by atoms with van der Waals surface area (Å²) in [6.45, 7) is 2.05. The lowest BCUT2D eigenvalue weighted by molar-refractivity contribution is 0.513. The minimum Gasteiger partial charge on any atom is -0.276 e. The molecule has 98 valence electrons. The lowest BCUT2D eigenvalue weighted by Crippen LogP contribution is -2.28. The highest BCUT2D eigenvalue weighted by molar-refractivity contribution is 5.20. The van der Waals surface area contributed by atoms with E-state index < -0.39 is 0 Å². The van der Waals surface area contributed by atoms with E-state index in [1.807, 2.05) is 42.0 Å². The van der Waals surface area contributed by atoms with Gasteiger partial charge in [0.1, 0.15) is 0 Å². The molecule has 2 rings (SSSR count). The zero-order chi connectivity index (χ0) is 13.1. The van der Waals surface area contributed by atoms with Crippen LogP contribution >= 0.6 is 0 Å². The van der Waals surface area contributed by atoms with Gasteiger partial charge in [0, 0.05) is 37.6 Å². The van der Waals surface area contributed by atoms with E-state index in [-0.39, 0.29) is 6.04 Å². The molecule has 0 fully saturated rings. The van der Waals surface area contributed by atoms with Gasteiger partial charge in [-0.3, -0.25) is 20.6 Å². The molecule has 1 unspecified atom stereocenters. The van der Waals surface area contributed by atoms with Crippen molar-refractivity contribution in [3.63, 3.8) is 0 Å². The van der Waals surface area contributed by atoms with Crippen molar-refractivity contribution in [1.82, 2.24) is 25.0 Å². The first-order valence-corrected chi connectivity index (χ1v) is 6.04. The molecule has 2 aromatic heterocycles. The van der Waals surface area contributed by atoms with E-state index in [1.54, 1.807) is 0 Å². The Morgan fingerprint density at radius 3 is 2.61 bits per heavy atom. The van der Waals surface area contributed by atoms with Gasteiger partial charge in [-0.1, -0.05) is 0 Å². The summed E-state index contributed by atoms with van der Waals surface area (Å²) in [4.78, 5) is 0. The van der Waals surface area contributed by atoms with Crippen LogP contribution in [0.15, 0.2) is 18.6 Å². The van der Waals surface area contributed by atoms with Crippen molar-refractivity contribution in [1.29, 1.82) is 0 Å². The molecule has 0 aliphatic heterocycles. The van der Waals surface area contributed by atoms with Crippen LogP contribution in [0.5, 0.6) is 0 Å². The molecular weight excluding hydrogens is 228 g/mol. The predicted octanol–water partition coefficient (Wildman–Crippen LogP) is 0.599. The molecule has 1 atom stereocenters. The maximum Gasteiger partial charge on any atom is 0.0540 e. The summed E-state index contributed by atoms with van der Waals surface area (Å²) < 4.78 is 3.68. The van der Waals surface area contributed by atoms with E-state index in [0.29, 0.717) is 0 Å². The fourth-order valence-corrected chi connectivity index (χ4v) is 2.10. The molecule has 18 heavy (non-hydrogen) atoms. The smallest absolute Gasteiger partial charge is 0.0540 e.